The van der Waals surface area contributed by atoms with Crippen molar-refractivity contribution in [3.63, 3.8) is 0 Å². The fourth-order valence-corrected chi connectivity index (χ4v) is 4.40. The van der Waals surface area contributed by atoms with E-state index >= 15 is 0 Å². The molecule has 124 valence electrons. The van der Waals surface area contributed by atoms with Crippen LogP contribution in [0.2, 0.25) is 0 Å². The van der Waals surface area contributed by atoms with Gasteiger partial charge in [-0.15, -0.1) is 0 Å². The first-order chi connectivity index (χ1) is 10.8. The van der Waals surface area contributed by atoms with Crippen molar-refractivity contribution in [2.75, 3.05) is 18.1 Å². The van der Waals surface area contributed by atoms with Gasteiger partial charge in [0.2, 0.25) is 5.91 Å². The minimum absolute atomic E-state index is 0.0219. The number of hydrogen-bond donors (Lipinski definition) is 0. The molecule has 1 aromatic rings. The third-order valence-corrected chi connectivity index (χ3v) is 5.56. The van der Waals surface area contributed by atoms with Crippen molar-refractivity contribution in [1.29, 1.82) is 0 Å². The molecule has 1 amide bonds. The Balaban J connectivity index is 2.16. The van der Waals surface area contributed by atoms with Crippen molar-refractivity contribution in [1.82, 2.24) is 4.90 Å². The van der Waals surface area contributed by atoms with E-state index in [2.05, 4.69) is 0 Å². The molecule has 0 saturated carbocycles. The summed E-state index contributed by atoms with van der Waals surface area (Å²) in [6.07, 6.45) is 3.09. The van der Waals surface area contributed by atoms with Crippen LogP contribution >= 0.6 is 0 Å². The zero-order valence-corrected chi connectivity index (χ0v) is 13.5. The SMILES string of the molecule is CCN(C(=O)/C=C/c1ccccc1[N+](=O)[O-])C1CCS(=O)(=O)C1. The highest BCUT2D eigenvalue weighted by Crippen LogP contribution is 2.21. The Bertz CT molecular complexity index is 742. The number of para-hydroxylation sites is 1. The van der Waals surface area contributed by atoms with E-state index < -0.39 is 14.8 Å². The number of sulfone groups is 1. The molecule has 1 fully saturated rings. The molecule has 0 radical (unpaired) electrons. The van der Waals surface area contributed by atoms with E-state index in [1.165, 1.54) is 23.1 Å². The summed E-state index contributed by atoms with van der Waals surface area (Å²) in [5.41, 5.74) is 0.254. The molecule has 1 heterocycles. The minimum atomic E-state index is -3.08. The number of carbonyl (C=O) groups is 1. The molecule has 0 bridgehead atoms. The second-order valence-corrected chi connectivity index (χ2v) is 7.56. The van der Waals surface area contributed by atoms with Crippen LogP contribution in [0.3, 0.4) is 0 Å². The maximum absolute atomic E-state index is 12.3. The van der Waals surface area contributed by atoms with Crippen LogP contribution in [0.1, 0.15) is 18.9 Å². The molecule has 23 heavy (non-hydrogen) atoms. The van der Waals surface area contributed by atoms with Gasteiger partial charge in [-0.1, -0.05) is 12.1 Å². The number of likely N-dealkylation sites (N-methyl/N-ethyl adjacent to an activating group) is 1. The maximum atomic E-state index is 12.3. The Morgan fingerprint density at radius 1 is 1.43 bits per heavy atom. The first-order valence-electron chi connectivity index (χ1n) is 7.26. The van der Waals surface area contributed by atoms with Gasteiger partial charge >= 0.3 is 0 Å². The summed E-state index contributed by atoms with van der Waals surface area (Å²) in [4.78, 5) is 24.2. The van der Waals surface area contributed by atoms with Crippen LogP contribution < -0.4 is 0 Å². The summed E-state index contributed by atoms with van der Waals surface area (Å²) in [6, 6.07) is 5.80. The van der Waals surface area contributed by atoms with Gasteiger partial charge in [0.15, 0.2) is 9.84 Å². The van der Waals surface area contributed by atoms with Crippen LogP contribution in [0.5, 0.6) is 0 Å². The van der Waals surface area contributed by atoms with Crippen molar-refractivity contribution < 1.29 is 18.1 Å². The summed E-state index contributed by atoms with van der Waals surface area (Å²) < 4.78 is 23.1. The lowest BCUT2D eigenvalue weighted by molar-refractivity contribution is -0.385. The van der Waals surface area contributed by atoms with Gasteiger partial charge in [-0.3, -0.25) is 14.9 Å². The Morgan fingerprint density at radius 2 is 2.13 bits per heavy atom. The molecule has 1 saturated heterocycles. The van der Waals surface area contributed by atoms with Crippen LogP contribution in [0.15, 0.2) is 30.3 Å². The lowest BCUT2D eigenvalue weighted by Gasteiger charge is -2.25. The summed E-state index contributed by atoms with van der Waals surface area (Å²) in [7, 11) is -3.08. The average molecular weight is 338 g/mol. The molecular weight excluding hydrogens is 320 g/mol. The highest BCUT2D eigenvalue weighted by Gasteiger charge is 2.33. The maximum Gasteiger partial charge on any atom is 0.276 e. The zero-order chi connectivity index (χ0) is 17.0. The fraction of sp³-hybridized carbons (Fsp3) is 0.400. The highest BCUT2D eigenvalue weighted by atomic mass is 32.2. The van der Waals surface area contributed by atoms with Crippen LogP contribution in [0, 0.1) is 10.1 Å². The van der Waals surface area contributed by atoms with E-state index in [-0.39, 0.29) is 29.1 Å². The van der Waals surface area contributed by atoms with Crippen molar-refractivity contribution in [2.45, 2.75) is 19.4 Å². The number of nitro groups is 1. The van der Waals surface area contributed by atoms with Gasteiger partial charge in [-0.2, -0.15) is 0 Å². The monoisotopic (exact) mass is 338 g/mol. The third kappa shape index (κ3) is 4.16. The van der Waals surface area contributed by atoms with E-state index in [1.807, 2.05) is 0 Å². The minimum Gasteiger partial charge on any atom is -0.335 e. The molecule has 0 aliphatic carbocycles. The molecule has 7 nitrogen and oxygen atoms in total. The van der Waals surface area contributed by atoms with Gasteiger partial charge in [0.1, 0.15) is 0 Å². The van der Waals surface area contributed by atoms with Crippen LogP contribution in [0.25, 0.3) is 6.08 Å². The first kappa shape index (κ1) is 17.1. The number of amides is 1. The number of nitro benzene ring substituents is 1. The largest absolute Gasteiger partial charge is 0.335 e. The highest BCUT2D eigenvalue weighted by molar-refractivity contribution is 7.91. The van der Waals surface area contributed by atoms with E-state index in [9.17, 15) is 23.3 Å². The molecule has 2 rings (SSSR count). The van der Waals surface area contributed by atoms with Crippen molar-refractivity contribution >= 4 is 27.5 Å². The number of nitrogens with zero attached hydrogens (tertiary/aromatic N) is 2. The third-order valence-electron chi connectivity index (χ3n) is 3.81. The Labute approximate surface area is 134 Å². The molecule has 1 aliphatic rings. The summed E-state index contributed by atoms with van der Waals surface area (Å²) in [6.45, 7) is 2.17. The van der Waals surface area contributed by atoms with Crippen LogP contribution in [0.4, 0.5) is 5.69 Å². The summed E-state index contributed by atoms with van der Waals surface area (Å²) >= 11 is 0. The predicted molar refractivity (Wildman–Crippen MR) is 86.6 cm³/mol. The van der Waals surface area contributed by atoms with Gasteiger partial charge in [0, 0.05) is 24.7 Å². The van der Waals surface area contributed by atoms with Gasteiger partial charge in [0.25, 0.3) is 5.69 Å². The van der Waals surface area contributed by atoms with E-state index in [0.29, 0.717) is 18.5 Å². The van der Waals surface area contributed by atoms with Gasteiger partial charge in [-0.05, 0) is 25.5 Å². The first-order valence-corrected chi connectivity index (χ1v) is 9.08. The van der Waals surface area contributed by atoms with Crippen molar-refractivity contribution in [3.8, 4) is 0 Å². The lowest BCUT2D eigenvalue weighted by Crippen LogP contribution is -2.40. The average Bonchev–Trinajstić information content (AvgIpc) is 2.86. The number of benzene rings is 1. The molecular formula is C15H18N2O5S. The molecule has 1 atom stereocenters. The lowest BCUT2D eigenvalue weighted by atomic mass is 10.1. The zero-order valence-electron chi connectivity index (χ0n) is 12.7. The Kier molecular flexibility index (Phi) is 5.15. The van der Waals surface area contributed by atoms with Gasteiger partial charge in [0.05, 0.1) is 22.0 Å². The van der Waals surface area contributed by atoms with E-state index in [1.54, 1.807) is 25.1 Å². The standard InChI is InChI=1S/C15H18N2O5S/c1-2-16(13-9-10-23(21,22)11-13)15(18)8-7-12-5-3-4-6-14(12)17(19)20/h3-8,13H,2,9-11H2,1H3/b8-7+. The second-order valence-electron chi connectivity index (χ2n) is 5.33. The molecule has 0 aromatic heterocycles. The second kappa shape index (κ2) is 6.91. The quantitative estimate of drug-likeness (QED) is 0.462. The van der Waals surface area contributed by atoms with E-state index in [4.69, 9.17) is 0 Å². The Morgan fingerprint density at radius 3 is 2.70 bits per heavy atom. The number of hydrogen-bond acceptors (Lipinski definition) is 5. The summed E-state index contributed by atoms with van der Waals surface area (Å²) in [5.74, 6) is -0.269. The van der Waals surface area contributed by atoms with Gasteiger partial charge < -0.3 is 4.90 Å². The molecule has 1 unspecified atom stereocenters. The molecule has 0 spiro atoms. The molecule has 0 N–H and O–H groups in total. The molecule has 1 aromatic carbocycles. The number of rotatable bonds is 5. The molecule has 8 heteroatoms. The van der Waals surface area contributed by atoms with Crippen LogP contribution in [-0.4, -0.2) is 48.2 Å². The van der Waals surface area contributed by atoms with Crippen molar-refractivity contribution in [2.24, 2.45) is 0 Å². The fourth-order valence-electron chi connectivity index (χ4n) is 2.67. The van der Waals surface area contributed by atoms with Gasteiger partial charge in [-0.25, -0.2) is 8.42 Å². The van der Waals surface area contributed by atoms with E-state index in [0.717, 1.165) is 0 Å². The topological polar surface area (TPSA) is 97.6 Å². The Hall–Kier alpha value is -2.22. The van der Waals surface area contributed by atoms with Crippen LogP contribution in [-0.2, 0) is 14.6 Å². The normalized spacial score (nSPS) is 19.8. The smallest absolute Gasteiger partial charge is 0.276 e. The predicted octanol–water partition coefficient (Wildman–Crippen LogP) is 1.64. The van der Waals surface area contributed by atoms with Crippen molar-refractivity contribution in [3.05, 3.63) is 46.0 Å². The molecule has 1 aliphatic heterocycles. The summed E-state index contributed by atoms with van der Waals surface area (Å²) in [5, 5.41) is 10.9. The number of carbonyl (C=O) groups excluding carboxylic acids is 1.